The molecule has 2 aliphatic heterocycles. The number of hydrogen-bond donors (Lipinski definition) is 9. The number of aliphatic hydroxyl groups is 8. The van der Waals surface area contributed by atoms with Crippen molar-refractivity contribution in [1.29, 1.82) is 0 Å². The van der Waals surface area contributed by atoms with Gasteiger partial charge in [-0.2, -0.15) is 0 Å². The van der Waals surface area contributed by atoms with Crippen LogP contribution in [-0.2, 0) is 23.7 Å². The van der Waals surface area contributed by atoms with Crippen LogP contribution in [0.2, 0.25) is 0 Å². The summed E-state index contributed by atoms with van der Waals surface area (Å²) < 4.78 is 22.6. The molecule has 14 nitrogen and oxygen atoms in total. The number of rotatable bonds is 50. The SMILES string of the molecule is CCCCCC/C=C/C(O)C(COC1OC(CO)C(OC2OC(CO)C(O)C(O)C2O)C(O)C1O)NC(=O)CCCCCCCCCCCCCCCCCCCCCCCC/C=C\C/C=C\C/C=C\CCCCCCC. The Labute approximate surface area is 467 Å². The third-order valence-electron chi connectivity index (χ3n) is 15.3. The van der Waals surface area contributed by atoms with Crippen molar-refractivity contribution in [3.63, 3.8) is 0 Å². The van der Waals surface area contributed by atoms with Gasteiger partial charge in [0.05, 0.1) is 32.0 Å². The second-order valence-electron chi connectivity index (χ2n) is 22.2. The minimum absolute atomic E-state index is 0.243. The van der Waals surface area contributed by atoms with Gasteiger partial charge in [-0.25, -0.2) is 0 Å². The van der Waals surface area contributed by atoms with Crippen LogP contribution in [0, 0.1) is 0 Å². The molecule has 2 saturated heterocycles. The van der Waals surface area contributed by atoms with Crippen LogP contribution in [0.1, 0.15) is 251 Å². The number of allylic oxidation sites excluding steroid dienone is 7. The predicted octanol–water partition coefficient (Wildman–Crippen LogP) is 11.2. The first-order valence-corrected chi connectivity index (χ1v) is 31.4. The van der Waals surface area contributed by atoms with Crippen molar-refractivity contribution in [1.82, 2.24) is 5.32 Å². The minimum Gasteiger partial charge on any atom is -0.394 e. The van der Waals surface area contributed by atoms with Crippen LogP contribution in [0.3, 0.4) is 0 Å². The van der Waals surface area contributed by atoms with E-state index in [4.69, 9.17) is 18.9 Å². The van der Waals surface area contributed by atoms with E-state index in [9.17, 15) is 45.6 Å². The molecule has 0 aromatic heterocycles. The first-order valence-electron chi connectivity index (χ1n) is 31.4. The Hall–Kier alpha value is -2.05. The highest BCUT2D eigenvalue weighted by atomic mass is 16.7. The van der Waals surface area contributed by atoms with Gasteiger partial charge in [-0.15, -0.1) is 0 Å². The monoisotopic (exact) mass is 1090 g/mol. The van der Waals surface area contributed by atoms with Crippen molar-refractivity contribution >= 4 is 5.91 Å². The number of ether oxygens (including phenoxy) is 4. The number of carbonyl (C=O) groups is 1. The Kier molecular flexibility index (Phi) is 44.9. The number of hydrogen-bond acceptors (Lipinski definition) is 13. The molecule has 0 aromatic carbocycles. The van der Waals surface area contributed by atoms with E-state index in [0.717, 1.165) is 64.2 Å². The summed E-state index contributed by atoms with van der Waals surface area (Å²) in [5, 5.41) is 86.5. The smallest absolute Gasteiger partial charge is 0.220 e. The summed E-state index contributed by atoms with van der Waals surface area (Å²) >= 11 is 0. The van der Waals surface area contributed by atoms with Gasteiger partial charge < -0.3 is 65.1 Å². The van der Waals surface area contributed by atoms with Gasteiger partial charge in [0.1, 0.15) is 48.8 Å². The second kappa shape index (κ2) is 48.6. The van der Waals surface area contributed by atoms with Gasteiger partial charge in [0.25, 0.3) is 0 Å². The summed E-state index contributed by atoms with van der Waals surface area (Å²) in [4.78, 5) is 13.1. The quantitative estimate of drug-likeness (QED) is 0.0204. The molecule has 0 aromatic rings. The van der Waals surface area contributed by atoms with Crippen LogP contribution in [0.5, 0.6) is 0 Å². The molecule has 12 atom stereocenters. The lowest BCUT2D eigenvalue weighted by molar-refractivity contribution is -0.359. The van der Waals surface area contributed by atoms with E-state index in [2.05, 4.69) is 55.6 Å². The van der Waals surface area contributed by atoms with Crippen molar-refractivity contribution < 1.29 is 64.6 Å². The lowest BCUT2D eigenvalue weighted by Gasteiger charge is -2.46. The Morgan fingerprint density at radius 3 is 1.32 bits per heavy atom. The summed E-state index contributed by atoms with van der Waals surface area (Å²) in [6.45, 7) is 2.69. The summed E-state index contributed by atoms with van der Waals surface area (Å²) in [5.41, 5.74) is 0. The third-order valence-corrected chi connectivity index (χ3v) is 15.3. The highest BCUT2D eigenvalue weighted by molar-refractivity contribution is 5.76. The fraction of sp³-hybridized carbons (Fsp3) is 0.857. The molecule has 2 rings (SSSR count). The van der Waals surface area contributed by atoms with Crippen LogP contribution in [0.4, 0.5) is 0 Å². The van der Waals surface area contributed by atoms with E-state index in [1.54, 1.807) is 6.08 Å². The number of carbonyl (C=O) groups excluding carboxylic acids is 1. The topological polar surface area (TPSA) is 228 Å². The molecule has 14 heteroatoms. The van der Waals surface area contributed by atoms with Gasteiger partial charge in [-0.1, -0.05) is 236 Å². The predicted molar refractivity (Wildman–Crippen MR) is 309 cm³/mol. The average molecular weight is 1090 g/mol. The Bertz CT molecular complexity index is 1480. The molecule has 0 saturated carbocycles. The molecule has 0 bridgehead atoms. The summed E-state index contributed by atoms with van der Waals surface area (Å²) in [5.74, 6) is -0.243. The third kappa shape index (κ3) is 34.1. The number of aliphatic hydroxyl groups excluding tert-OH is 8. The Balaban J connectivity index is 1.50. The standard InChI is InChI=1S/C63H115NO13/c1-3-5-7-9-11-12-13-14-15-16-17-18-19-20-21-22-23-24-25-26-27-28-29-30-31-32-33-34-35-36-37-38-39-40-41-43-45-47-55(68)64-51(52(67)46-44-42-10-8-6-4-2)50-74-62-60(73)58(71)61(54(49-66)76-62)77-63-59(72)57(70)56(69)53(48-65)75-63/h13-14,16-17,19-20,44,46,51-54,56-63,65-67,69-73H,3-12,15,18,21-43,45,47-50H2,1-2H3,(H,64,68)/b14-13-,17-16-,20-19-,46-44+. The summed E-state index contributed by atoms with van der Waals surface area (Å²) in [6, 6.07) is -0.910. The lowest BCUT2D eigenvalue weighted by atomic mass is 9.97. The zero-order valence-corrected chi connectivity index (χ0v) is 48.5. The largest absolute Gasteiger partial charge is 0.394 e. The molecule has 450 valence electrons. The van der Waals surface area contributed by atoms with Crippen molar-refractivity contribution in [2.45, 2.75) is 325 Å². The molecule has 77 heavy (non-hydrogen) atoms. The summed E-state index contributed by atoms with van der Waals surface area (Å²) in [6.07, 6.45) is 45.3. The number of nitrogens with one attached hydrogen (secondary N) is 1. The first kappa shape index (κ1) is 71.1. The van der Waals surface area contributed by atoms with Crippen molar-refractivity contribution in [2.24, 2.45) is 0 Å². The normalized spacial score (nSPS) is 25.0. The maximum atomic E-state index is 13.1. The second-order valence-corrected chi connectivity index (χ2v) is 22.2. The van der Waals surface area contributed by atoms with Crippen LogP contribution in [0.15, 0.2) is 48.6 Å². The highest BCUT2D eigenvalue weighted by Gasteiger charge is 2.51. The van der Waals surface area contributed by atoms with Crippen LogP contribution < -0.4 is 5.32 Å². The number of unbranched alkanes of at least 4 members (excludes halogenated alkanes) is 31. The fourth-order valence-electron chi connectivity index (χ4n) is 10.2. The molecule has 9 N–H and O–H groups in total. The molecule has 12 unspecified atom stereocenters. The van der Waals surface area contributed by atoms with Crippen LogP contribution >= 0.6 is 0 Å². The first-order chi connectivity index (χ1) is 37.6. The highest BCUT2D eigenvalue weighted by Crippen LogP contribution is 2.30. The van der Waals surface area contributed by atoms with E-state index < -0.39 is 86.8 Å². The average Bonchev–Trinajstić information content (AvgIpc) is 3.43. The lowest BCUT2D eigenvalue weighted by Crippen LogP contribution is -2.65. The van der Waals surface area contributed by atoms with Gasteiger partial charge >= 0.3 is 0 Å². The van der Waals surface area contributed by atoms with Crippen molar-refractivity contribution in [2.75, 3.05) is 19.8 Å². The van der Waals surface area contributed by atoms with Crippen LogP contribution in [-0.4, -0.2) is 140 Å². The Morgan fingerprint density at radius 2 is 0.857 bits per heavy atom. The maximum absolute atomic E-state index is 13.1. The molecule has 2 heterocycles. The molecule has 2 aliphatic rings. The molecule has 1 amide bonds. The molecular formula is C63H115NO13. The molecule has 0 spiro atoms. The molecule has 0 radical (unpaired) electrons. The fourth-order valence-corrected chi connectivity index (χ4v) is 10.2. The maximum Gasteiger partial charge on any atom is 0.220 e. The van der Waals surface area contributed by atoms with E-state index in [0.29, 0.717) is 6.42 Å². The van der Waals surface area contributed by atoms with Crippen LogP contribution in [0.25, 0.3) is 0 Å². The molecular weight excluding hydrogens is 979 g/mol. The van der Waals surface area contributed by atoms with Gasteiger partial charge in [-0.3, -0.25) is 4.79 Å². The zero-order chi connectivity index (χ0) is 56.0. The molecule has 0 aliphatic carbocycles. The van der Waals surface area contributed by atoms with Crippen molar-refractivity contribution in [3.8, 4) is 0 Å². The van der Waals surface area contributed by atoms with E-state index in [-0.39, 0.29) is 18.9 Å². The summed E-state index contributed by atoms with van der Waals surface area (Å²) in [7, 11) is 0. The minimum atomic E-state index is -1.79. The Morgan fingerprint density at radius 1 is 0.468 bits per heavy atom. The van der Waals surface area contributed by atoms with E-state index in [1.165, 1.54) is 161 Å². The van der Waals surface area contributed by atoms with E-state index >= 15 is 0 Å². The zero-order valence-electron chi connectivity index (χ0n) is 48.5. The van der Waals surface area contributed by atoms with Gasteiger partial charge in [0.15, 0.2) is 12.6 Å². The van der Waals surface area contributed by atoms with Gasteiger partial charge in [-0.05, 0) is 57.8 Å². The molecule has 2 fully saturated rings. The number of amides is 1. The van der Waals surface area contributed by atoms with E-state index in [1.807, 2.05) is 6.08 Å². The van der Waals surface area contributed by atoms with Crippen molar-refractivity contribution in [3.05, 3.63) is 48.6 Å². The van der Waals surface area contributed by atoms with Gasteiger partial charge in [0.2, 0.25) is 5.91 Å². The van der Waals surface area contributed by atoms with Gasteiger partial charge in [0, 0.05) is 6.42 Å².